The first-order chi connectivity index (χ1) is 5.97. The normalized spacial score (nSPS) is 11.8. The molecule has 0 heterocycles. The highest BCUT2D eigenvalue weighted by Crippen LogP contribution is 2.16. The first-order valence-corrected chi connectivity index (χ1v) is 4.71. The Morgan fingerprint density at radius 1 is 1.38 bits per heavy atom. The van der Waals surface area contributed by atoms with E-state index in [1.54, 1.807) is 0 Å². The van der Waals surface area contributed by atoms with E-state index in [-0.39, 0.29) is 5.91 Å². The fourth-order valence-electron chi connectivity index (χ4n) is 1.27. The van der Waals surface area contributed by atoms with Crippen molar-refractivity contribution in [2.75, 3.05) is 19.6 Å². The maximum atomic E-state index is 11.3. The minimum absolute atomic E-state index is 0.112. The van der Waals surface area contributed by atoms with Crippen molar-refractivity contribution in [1.82, 2.24) is 10.3 Å². The van der Waals surface area contributed by atoms with Crippen LogP contribution < -0.4 is 11.3 Å². The van der Waals surface area contributed by atoms with Gasteiger partial charge in [-0.3, -0.25) is 10.2 Å². The third kappa shape index (κ3) is 3.74. The molecule has 0 aliphatic heterocycles. The number of nitrogens with two attached hydrogens (primary N) is 1. The Bertz CT molecular complexity index is 164. The van der Waals surface area contributed by atoms with Crippen LogP contribution in [-0.4, -0.2) is 30.4 Å². The zero-order chi connectivity index (χ0) is 10.5. The van der Waals surface area contributed by atoms with E-state index in [1.807, 2.05) is 13.8 Å². The zero-order valence-corrected chi connectivity index (χ0v) is 9.05. The molecule has 0 radical (unpaired) electrons. The Kier molecular flexibility index (Phi) is 4.95. The third-order valence-corrected chi connectivity index (χ3v) is 2.26. The molecule has 3 N–H and O–H groups in total. The van der Waals surface area contributed by atoms with Gasteiger partial charge in [0, 0.05) is 6.54 Å². The van der Waals surface area contributed by atoms with Gasteiger partial charge in [-0.15, -0.1) is 0 Å². The topological polar surface area (TPSA) is 58.4 Å². The van der Waals surface area contributed by atoms with E-state index >= 15 is 0 Å². The van der Waals surface area contributed by atoms with Gasteiger partial charge in [-0.1, -0.05) is 13.8 Å². The van der Waals surface area contributed by atoms with Crippen LogP contribution in [0.4, 0.5) is 0 Å². The summed E-state index contributed by atoms with van der Waals surface area (Å²) in [7, 11) is 0. The highest BCUT2D eigenvalue weighted by molar-refractivity contribution is 5.81. The van der Waals surface area contributed by atoms with Crippen LogP contribution in [0.3, 0.4) is 0 Å². The molecular formula is C9H21N3O. The van der Waals surface area contributed by atoms with Crippen LogP contribution in [0.2, 0.25) is 0 Å². The van der Waals surface area contributed by atoms with Crippen molar-refractivity contribution in [3.05, 3.63) is 0 Å². The summed E-state index contributed by atoms with van der Waals surface area (Å²) in [5.41, 5.74) is 1.78. The SMILES string of the molecule is CCN(CC)CC(C)(C)C(=O)NN. The number of carbonyl (C=O) groups excluding carboxylic acids is 1. The first kappa shape index (κ1) is 12.4. The smallest absolute Gasteiger partial charge is 0.240 e. The molecule has 0 fully saturated rings. The molecule has 0 saturated heterocycles. The van der Waals surface area contributed by atoms with E-state index in [2.05, 4.69) is 24.2 Å². The maximum absolute atomic E-state index is 11.3. The zero-order valence-electron chi connectivity index (χ0n) is 9.05. The molecule has 0 aromatic heterocycles. The summed E-state index contributed by atoms with van der Waals surface area (Å²) in [5, 5.41) is 0. The molecule has 1 amide bonds. The Hall–Kier alpha value is -0.610. The van der Waals surface area contributed by atoms with Gasteiger partial charge in [0.25, 0.3) is 0 Å². The van der Waals surface area contributed by atoms with Crippen LogP contribution in [0, 0.1) is 5.41 Å². The summed E-state index contributed by atoms with van der Waals surface area (Å²) >= 11 is 0. The highest BCUT2D eigenvalue weighted by Gasteiger charge is 2.28. The van der Waals surface area contributed by atoms with E-state index in [1.165, 1.54) is 0 Å². The lowest BCUT2D eigenvalue weighted by molar-refractivity contribution is -0.130. The average molecular weight is 187 g/mol. The van der Waals surface area contributed by atoms with Gasteiger partial charge >= 0.3 is 0 Å². The Labute approximate surface area is 80.4 Å². The van der Waals surface area contributed by atoms with Gasteiger partial charge in [0.05, 0.1) is 5.41 Å². The Morgan fingerprint density at radius 2 is 1.85 bits per heavy atom. The molecule has 0 atom stereocenters. The van der Waals surface area contributed by atoms with Crippen molar-refractivity contribution in [2.45, 2.75) is 27.7 Å². The molecule has 0 rings (SSSR count). The van der Waals surface area contributed by atoms with E-state index in [0.717, 1.165) is 19.6 Å². The summed E-state index contributed by atoms with van der Waals surface area (Å²) in [6.45, 7) is 10.6. The minimum atomic E-state index is -0.416. The van der Waals surface area contributed by atoms with Crippen molar-refractivity contribution in [3.63, 3.8) is 0 Å². The van der Waals surface area contributed by atoms with Gasteiger partial charge in [0.2, 0.25) is 5.91 Å². The standard InChI is InChI=1S/C9H21N3O/c1-5-12(6-2)7-9(3,4)8(13)11-10/h5-7,10H2,1-4H3,(H,11,13). The van der Waals surface area contributed by atoms with Crippen molar-refractivity contribution in [1.29, 1.82) is 0 Å². The molecular weight excluding hydrogens is 166 g/mol. The van der Waals surface area contributed by atoms with E-state index in [4.69, 9.17) is 5.84 Å². The van der Waals surface area contributed by atoms with E-state index < -0.39 is 5.41 Å². The van der Waals surface area contributed by atoms with Crippen LogP contribution >= 0.6 is 0 Å². The second-order valence-electron chi connectivity index (χ2n) is 3.82. The Morgan fingerprint density at radius 3 is 2.15 bits per heavy atom. The summed E-state index contributed by atoms with van der Waals surface area (Å²) in [4.78, 5) is 13.5. The number of hydrazine groups is 1. The molecule has 0 unspecified atom stereocenters. The second-order valence-corrected chi connectivity index (χ2v) is 3.82. The molecule has 0 aromatic carbocycles. The fourth-order valence-corrected chi connectivity index (χ4v) is 1.27. The van der Waals surface area contributed by atoms with E-state index in [0.29, 0.717) is 0 Å². The molecule has 78 valence electrons. The predicted octanol–water partition coefficient (Wildman–Crippen LogP) is 0.344. The number of amides is 1. The predicted molar refractivity (Wildman–Crippen MR) is 53.9 cm³/mol. The molecule has 0 saturated carbocycles. The molecule has 0 aromatic rings. The number of hydrogen-bond donors (Lipinski definition) is 2. The van der Waals surface area contributed by atoms with Crippen molar-refractivity contribution >= 4 is 5.91 Å². The maximum Gasteiger partial charge on any atom is 0.240 e. The third-order valence-electron chi connectivity index (χ3n) is 2.26. The van der Waals surface area contributed by atoms with Gasteiger partial charge in [0.15, 0.2) is 0 Å². The van der Waals surface area contributed by atoms with Crippen molar-refractivity contribution in [3.8, 4) is 0 Å². The number of carbonyl (C=O) groups is 1. The molecule has 0 aliphatic rings. The lowest BCUT2D eigenvalue weighted by Crippen LogP contribution is -2.47. The lowest BCUT2D eigenvalue weighted by Gasteiger charge is -2.29. The summed E-state index contributed by atoms with van der Waals surface area (Å²) in [5.74, 6) is 4.99. The summed E-state index contributed by atoms with van der Waals surface area (Å²) in [6.07, 6.45) is 0. The Balaban J connectivity index is 4.21. The first-order valence-electron chi connectivity index (χ1n) is 4.71. The van der Waals surface area contributed by atoms with Gasteiger partial charge in [-0.2, -0.15) is 0 Å². The molecule has 0 aliphatic carbocycles. The van der Waals surface area contributed by atoms with Crippen LogP contribution in [0.25, 0.3) is 0 Å². The quantitative estimate of drug-likeness (QED) is 0.371. The number of nitrogens with zero attached hydrogens (tertiary/aromatic N) is 1. The molecule has 0 bridgehead atoms. The molecule has 4 heteroatoms. The molecule has 13 heavy (non-hydrogen) atoms. The fraction of sp³-hybridized carbons (Fsp3) is 0.889. The second kappa shape index (κ2) is 5.19. The van der Waals surface area contributed by atoms with Gasteiger partial charge in [0.1, 0.15) is 0 Å². The number of hydrogen-bond acceptors (Lipinski definition) is 3. The van der Waals surface area contributed by atoms with Crippen LogP contribution in [0.1, 0.15) is 27.7 Å². The highest BCUT2D eigenvalue weighted by atomic mass is 16.2. The molecule has 0 spiro atoms. The lowest BCUT2D eigenvalue weighted by atomic mass is 9.92. The monoisotopic (exact) mass is 187 g/mol. The van der Waals surface area contributed by atoms with Crippen molar-refractivity contribution in [2.24, 2.45) is 11.3 Å². The largest absolute Gasteiger partial charge is 0.303 e. The summed E-state index contributed by atoms with van der Waals surface area (Å²) in [6, 6.07) is 0. The van der Waals surface area contributed by atoms with Crippen LogP contribution in [0.5, 0.6) is 0 Å². The summed E-state index contributed by atoms with van der Waals surface area (Å²) < 4.78 is 0. The van der Waals surface area contributed by atoms with Crippen molar-refractivity contribution < 1.29 is 4.79 Å². The molecule has 4 nitrogen and oxygen atoms in total. The number of nitrogens with one attached hydrogen (secondary N) is 1. The van der Waals surface area contributed by atoms with E-state index in [9.17, 15) is 4.79 Å². The van der Waals surface area contributed by atoms with Crippen LogP contribution in [0.15, 0.2) is 0 Å². The van der Waals surface area contributed by atoms with Gasteiger partial charge < -0.3 is 4.90 Å². The van der Waals surface area contributed by atoms with Crippen LogP contribution in [-0.2, 0) is 4.79 Å². The average Bonchev–Trinajstić information content (AvgIpc) is 2.12. The van der Waals surface area contributed by atoms with Gasteiger partial charge in [-0.25, -0.2) is 5.84 Å². The number of rotatable bonds is 5. The van der Waals surface area contributed by atoms with Gasteiger partial charge in [-0.05, 0) is 26.9 Å². The minimum Gasteiger partial charge on any atom is -0.303 e.